The van der Waals surface area contributed by atoms with Crippen molar-refractivity contribution in [2.45, 2.75) is 32.1 Å². The highest BCUT2D eigenvalue weighted by Crippen LogP contribution is 2.22. The van der Waals surface area contributed by atoms with Crippen molar-refractivity contribution in [2.75, 3.05) is 39.3 Å². The maximum absolute atomic E-state index is 11.8. The largest absolute Gasteiger partial charge is 0.355 e. The first-order valence-electron chi connectivity index (χ1n) is 7.04. The first-order valence-corrected chi connectivity index (χ1v) is 7.04. The van der Waals surface area contributed by atoms with Crippen LogP contribution in [0.2, 0.25) is 0 Å². The Morgan fingerprint density at radius 2 is 1.74 bits per heavy atom. The van der Waals surface area contributed by atoms with E-state index in [0.717, 1.165) is 38.6 Å². The summed E-state index contributed by atoms with van der Waals surface area (Å²) in [6.07, 6.45) is 6.67. The maximum atomic E-state index is 11.8. The summed E-state index contributed by atoms with van der Waals surface area (Å²) >= 11 is 0. The molecule has 0 radical (unpaired) electrons. The molecule has 0 spiro atoms. The molecule has 1 amide bonds. The Hall–Kier alpha value is -0.0300. The fourth-order valence-electron chi connectivity index (χ4n) is 2.78. The molecule has 2 aliphatic rings. The molecule has 0 aromatic rings. The number of piperazine rings is 1. The minimum Gasteiger partial charge on any atom is -0.355 e. The van der Waals surface area contributed by atoms with E-state index >= 15 is 0 Å². The average Bonchev–Trinajstić information content (AvgIpc) is 2.39. The Kier molecular flexibility index (Phi) is 10.7. The SMILES string of the molecule is Cl.Cl.O=C(CN1CCNCC1)NCC1CCCCC1. The standard InChI is InChI=1S/C13H25N3O.2ClH/c17-13(11-16-8-6-14-7-9-16)15-10-12-4-2-1-3-5-12;;/h12,14H,1-11H2,(H,15,17);2*1H. The molecule has 2 N–H and O–H groups in total. The number of amides is 1. The van der Waals surface area contributed by atoms with Crippen molar-refractivity contribution >= 4 is 30.7 Å². The summed E-state index contributed by atoms with van der Waals surface area (Å²) in [7, 11) is 0. The molecule has 19 heavy (non-hydrogen) atoms. The molecular formula is C13H27Cl2N3O. The smallest absolute Gasteiger partial charge is 0.234 e. The first-order chi connectivity index (χ1) is 8.34. The van der Waals surface area contributed by atoms with Gasteiger partial charge in [-0.25, -0.2) is 0 Å². The molecule has 0 aromatic carbocycles. The van der Waals surface area contributed by atoms with Crippen molar-refractivity contribution < 1.29 is 4.79 Å². The highest BCUT2D eigenvalue weighted by atomic mass is 35.5. The van der Waals surface area contributed by atoms with Gasteiger partial charge in [0.15, 0.2) is 0 Å². The van der Waals surface area contributed by atoms with Gasteiger partial charge in [0.25, 0.3) is 0 Å². The lowest BCUT2D eigenvalue weighted by Gasteiger charge is -2.27. The molecule has 1 aliphatic carbocycles. The highest BCUT2D eigenvalue weighted by molar-refractivity contribution is 5.85. The van der Waals surface area contributed by atoms with E-state index in [9.17, 15) is 4.79 Å². The van der Waals surface area contributed by atoms with Gasteiger partial charge < -0.3 is 10.6 Å². The molecule has 1 aliphatic heterocycles. The lowest BCUT2D eigenvalue weighted by atomic mass is 9.89. The second-order valence-corrected chi connectivity index (χ2v) is 5.33. The molecular weight excluding hydrogens is 285 g/mol. The summed E-state index contributed by atoms with van der Waals surface area (Å²) in [5.41, 5.74) is 0. The second-order valence-electron chi connectivity index (χ2n) is 5.33. The Labute approximate surface area is 128 Å². The number of carbonyl (C=O) groups excluding carboxylic acids is 1. The number of nitrogens with zero attached hydrogens (tertiary/aromatic N) is 1. The van der Waals surface area contributed by atoms with Gasteiger partial charge in [0.1, 0.15) is 0 Å². The van der Waals surface area contributed by atoms with Crippen LogP contribution in [-0.2, 0) is 4.79 Å². The van der Waals surface area contributed by atoms with E-state index < -0.39 is 0 Å². The predicted octanol–water partition coefficient (Wildman–Crippen LogP) is 1.43. The summed E-state index contributed by atoms with van der Waals surface area (Å²) in [6.45, 7) is 5.48. The van der Waals surface area contributed by atoms with Crippen LogP contribution in [0.3, 0.4) is 0 Å². The molecule has 6 heteroatoms. The number of hydrogen-bond acceptors (Lipinski definition) is 3. The number of nitrogens with one attached hydrogen (secondary N) is 2. The van der Waals surface area contributed by atoms with E-state index in [0.29, 0.717) is 6.54 Å². The Morgan fingerprint density at radius 3 is 2.37 bits per heavy atom. The molecule has 1 heterocycles. The van der Waals surface area contributed by atoms with E-state index in [1.54, 1.807) is 0 Å². The molecule has 114 valence electrons. The minimum atomic E-state index is 0. The molecule has 1 saturated carbocycles. The molecule has 0 aromatic heterocycles. The second kappa shape index (κ2) is 10.7. The number of halogens is 2. The summed E-state index contributed by atoms with van der Waals surface area (Å²) < 4.78 is 0. The first kappa shape index (κ1) is 19.0. The topological polar surface area (TPSA) is 44.4 Å². The summed E-state index contributed by atoms with van der Waals surface area (Å²) in [5, 5.41) is 6.40. The lowest BCUT2D eigenvalue weighted by molar-refractivity contribution is -0.122. The molecule has 0 atom stereocenters. The monoisotopic (exact) mass is 311 g/mol. The van der Waals surface area contributed by atoms with E-state index in [2.05, 4.69) is 15.5 Å². The van der Waals surface area contributed by atoms with Gasteiger partial charge in [0, 0.05) is 32.7 Å². The van der Waals surface area contributed by atoms with E-state index in [-0.39, 0.29) is 30.7 Å². The third-order valence-electron chi connectivity index (χ3n) is 3.89. The van der Waals surface area contributed by atoms with Crippen LogP contribution in [-0.4, -0.2) is 50.1 Å². The third kappa shape index (κ3) is 7.35. The summed E-state index contributed by atoms with van der Waals surface area (Å²) in [4.78, 5) is 14.0. The van der Waals surface area contributed by atoms with Crippen LogP contribution in [0.5, 0.6) is 0 Å². The zero-order chi connectivity index (χ0) is 11.9. The zero-order valence-corrected chi connectivity index (χ0v) is 13.2. The molecule has 4 nitrogen and oxygen atoms in total. The highest BCUT2D eigenvalue weighted by Gasteiger charge is 2.16. The molecule has 0 bridgehead atoms. The molecule has 2 rings (SSSR count). The van der Waals surface area contributed by atoms with Gasteiger partial charge in [-0.05, 0) is 18.8 Å². The Morgan fingerprint density at radius 1 is 1.11 bits per heavy atom. The maximum Gasteiger partial charge on any atom is 0.234 e. The van der Waals surface area contributed by atoms with E-state index in [1.165, 1.54) is 32.1 Å². The van der Waals surface area contributed by atoms with Crippen LogP contribution < -0.4 is 10.6 Å². The normalized spacial score (nSPS) is 21.1. The van der Waals surface area contributed by atoms with Gasteiger partial charge in [0.2, 0.25) is 5.91 Å². The van der Waals surface area contributed by atoms with Crippen molar-refractivity contribution in [2.24, 2.45) is 5.92 Å². The van der Waals surface area contributed by atoms with E-state index in [1.807, 2.05) is 0 Å². The van der Waals surface area contributed by atoms with Crippen LogP contribution in [0.1, 0.15) is 32.1 Å². The molecule has 0 unspecified atom stereocenters. The van der Waals surface area contributed by atoms with Gasteiger partial charge in [-0.15, -0.1) is 24.8 Å². The Bertz CT molecular complexity index is 242. The van der Waals surface area contributed by atoms with Gasteiger partial charge >= 0.3 is 0 Å². The van der Waals surface area contributed by atoms with Crippen molar-refractivity contribution in [3.8, 4) is 0 Å². The van der Waals surface area contributed by atoms with E-state index in [4.69, 9.17) is 0 Å². The fourth-order valence-corrected chi connectivity index (χ4v) is 2.78. The van der Waals surface area contributed by atoms with Gasteiger partial charge in [-0.3, -0.25) is 9.69 Å². The molecule has 1 saturated heterocycles. The number of rotatable bonds is 4. The van der Waals surface area contributed by atoms with Crippen LogP contribution >= 0.6 is 24.8 Å². The van der Waals surface area contributed by atoms with Crippen LogP contribution in [0.25, 0.3) is 0 Å². The number of carbonyl (C=O) groups is 1. The summed E-state index contributed by atoms with van der Waals surface area (Å²) in [5.74, 6) is 0.938. The van der Waals surface area contributed by atoms with Gasteiger partial charge in [-0.2, -0.15) is 0 Å². The predicted molar refractivity (Wildman–Crippen MR) is 83.4 cm³/mol. The van der Waals surface area contributed by atoms with Crippen molar-refractivity contribution in [3.05, 3.63) is 0 Å². The minimum absolute atomic E-state index is 0. The Balaban J connectivity index is 0.00000162. The zero-order valence-electron chi connectivity index (χ0n) is 11.5. The van der Waals surface area contributed by atoms with Crippen molar-refractivity contribution in [1.82, 2.24) is 15.5 Å². The van der Waals surface area contributed by atoms with Crippen molar-refractivity contribution in [1.29, 1.82) is 0 Å². The van der Waals surface area contributed by atoms with Gasteiger partial charge in [0.05, 0.1) is 6.54 Å². The summed E-state index contributed by atoms with van der Waals surface area (Å²) in [6, 6.07) is 0. The fraction of sp³-hybridized carbons (Fsp3) is 0.923. The third-order valence-corrected chi connectivity index (χ3v) is 3.89. The van der Waals surface area contributed by atoms with Crippen LogP contribution in [0, 0.1) is 5.92 Å². The van der Waals surface area contributed by atoms with Crippen molar-refractivity contribution in [3.63, 3.8) is 0 Å². The molecule has 2 fully saturated rings. The van der Waals surface area contributed by atoms with Gasteiger partial charge in [-0.1, -0.05) is 19.3 Å². The number of hydrogen-bond donors (Lipinski definition) is 2. The van der Waals surface area contributed by atoms with Crippen LogP contribution in [0.15, 0.2) is 0 Å². The average molecular weight is 312 g/mol. The quantitative estimate of drug-likeness (QED) is 0.825. The lowest BCUT2D eigenvalue weighted by Crippen LogP contribution is -2.48. The van der Waals surface area contributed by atoms with Crippen LogP contribution in [0.4, 0.5) is 0 Å².